The van der Waals surface area contributed by atoms with Crippen LogP contribution in [0.3, 0.4) is 0 Å². The Morgan fingerprint density at radius 3 is 2.58 bits per heavy atom. The van der Waals surface area contributed by atoms with Gasteiger partial charge in [0.15, 0.2) is 0 Å². The van der Waals surface area contributed by atoms with Crippen LogP contribution in [0.25, 0.3) is 0 Å². The molecular weight excluding hydrogens is 266 g/mol. The molecule has 1 saturated carbocycles. The Kier molecular flexibility index (Phi) is 4.20. The molecular formula is C14H18ClNO3. The Morgan fingerprint density at radius 1 is 1.37 bits per heavy atom. The second-order valence-corrected chi connectivity index (χ2v) is 5.06. The summed E-state index contributed by atoms with van der Waals surface area (Å²) in [5, 5.41) is 3.02. The van der Waals surface area contributed by atoms with Gasteiger partial charge in [0.05, 0.1) is 25.3 Å². The summed E-state index contributed by atoms with van der Waals surface area (Å²) in [4.78, 5) is 12.4. The topological polar surface area (TPSA) is 47.6 Å². The second kappa shape index (κ2) is 5.70. The lowest BCUT2D eigenvalue weighted by molar-refractivity contribution is 0.0850. The van der Waals surface area contributed by atoms with Crippen molar-refractivity contribution in [3.05, 3.63) is 23.8 Å². The third-order valence-electron chi connectivity index (χ3n) is 3.60. The number of carbonyl (C=O) groups is 1. The quantitative estimate of drug-likeness (QED) is 0.845. The SMILES string of the molecule is COc1ccc(OC)c(C(=O)NC2(CCl)CCC2)c1. The van der Waals surface area contributed by atoms with Crippen LogP contribution < -0.4 is 14.8 Å². The molecule has 1 N–H and O–H groups in total. The number of benzene rings is 1. The number of hydrogen-bond donors (Lipinski definition) is 1. The smallest absolute Gasteiger partial charge is 0.255 e. The Morgan fingerprint density at radius 2 is 2.11 bits per heavy atom. The fourth-order valence-electron chi connectivity index (χ4n) is 2.20. The van der Waals surface area contributed by atoms with Gasteiger partial charge in [-0.3, -0.25) is 4.79 Å². The van der Waals surface area contributed by atoms with E-state index >= 15 is 0 Å². The van der Waals surface area contributed by atoms with Gasteiger partial charge in [-0.05, 0) is 37.5 Å². The van der Waals surface area contributed by atoms with Gasteiger partial charge in [0.2, 0.25) is 0 Å². The van der Waals surface area contributed by atoms with E-state index in [9.17, 15) is 4.79 Å². The number of amides is 1. The molecule has 104 valence electrons. The number of halogens is 1. The minimum Gasteiger partial charge on any atom is -0.497 e. The molecule has 0 aromatic heterocycles. The molecule has 5 heteroatoms. The molecule has 1 aromatic carbocycles. The van der Waals surface area contributed by atoms with Gasteiger partial charge >= 0.3 is 0 Å². The highest BCUT2D eigenvalue weighted by atomic mass is 35.5. The minimum atomic E-state index is -0.257. The molecule has 0 atom stereocenters. The summed E-state index contributed by atoms with van der Waals surface area (Å²) in [7, 11) is 3.11. The molecule has 0 radical (unpaired) electrons. The summed E-state index contributed by atoms with van der Waals surface area (Å²) in [5.41, 5.74) is 0.213. The number of carbonyl (C=O) groups excluding carboxylic acids is 1. The molecule has 0 bridgehead atoms. The molecule has 2 rings (SSSR count). The predicted molar refractivity (Wildman–Crippen MR) is 74.3 cm³/mol. The first-order valence-electron chi connectivity index (χ1n) is 6.24. The summed E-state index contributed by atoms with van der Waals surface area (Å²) in [6, 6.07) is 5.16. The van der Waals surface area contributed by atoms with E-state index in [-0.39, 0.29) is 11.4 Å². The van der Waals surface area contributed by atoms with Crippen LogP contribution in [0.5, 0.6) is 11.5 Å². The van der Waals surface area contributed by atoms with Gasteiger partial charge in [-0.2, -0.15) is 0 Å². The first-order chi connectivity index (χ1) is 9.14. The first-order valence-corrected chi connectivity index (χ1v) is 6.78. The lowest BCUT2D eigenvalue weighted by Crippen LogP contribution is -2.55. The molecule has 19 heavy (non-hydrogen) atoms. The van der Waals surface area contributed by atoms with Crippen molar-refractivity contribution in [2.75, 3.05) is 20.1 Å². The van der Waals surface area contributed by atoms with Gasteiger partial charge < -0.3 is 14.8 Å². The number of hydrogen-bond acceptors (Lipinski definition) is 3. The van der Waals surface area contributed by atoms with E-state index in [1.54, 1.807) is 32.4 Å². The maximum Gasteiger partial charge on any atom is 0.255 e. The van der Waals surface area contributed by atoms with Gasteiger partial charge in [-0.15, -0.1) is 11.6 Å². The third kappa shape index (κ3) is 2.78. The zero-order valence-electron chi connectivity index (χ0n) is 11.2. The van der Waals surface area contributed by atoms with Crippen LogP contribution in [0.15, 0.2) is 18.2 Å². The van der Waals surface area contributed by atoms with Gasteiger partial charge in [0, 0.05) is 5.88 Å². The molecule has 0 unspecified atom stereocenters. The van der Waals surface area contributed by atoms with Crippen molar-refractivity contribution in [3.8, 4) is 11.5 Å². The van der Waals surface area contributed by atoms with Crippen molar-refractivity contribution in [1.29, 1.82) is 0 Å². The monoisotopic (exact) mass is 283 g/mol. The van der Waals surface area contributed by atoms with Crippen LogP contribution in [0.1, 0.15) is 29.6 Å². The predicted octanol–water partition coefficient (Wildman–Crippen LogP) is 2.60. The molecule has 1 amide bonds. The van der Waals surface area contributed by atoms with E-state index in [0.717, 1.165) is 19.3 Å². The Labute approximate surface area is 118 Å². The second-order valence-electron chi connectivity index (χ2n) is 4.79. The minimum absolute atomic E-state index is 0.170. The van der Waals surface area contributed by atoms with Crippen molar-refractivity contribution in [3.63, 3.8) is 0 Å². The van der Waals surface area contributed by atoms with Crippen molar-refractivity contribution < 1.29 is 14.3 Å². The molecule has 0 aliphatic heterocycles. The van der Waals surface area contributed by atoms with Crippen LogP contribution in [0.2, 0.25) is 0 Å². The summed E-state index contributed by atoms with van der Waals surface area (Å²) < 4.78 is 10.4. The molecule has 1 fully saturated rings. The van der Waals surface area contributed by atoms with Crippen molar-refractivity contribution in [1.82, 2.24) is 5.32 Å². The van der Waals surface area contributed by atoms with Gasteiger partial charge in [0.1, 0.15) is 11.5 Å². The van der Waals surface area contributed by atoms with E-state index in [4.69, 9.17) is 21.1 Å². The summed E-state index contributed by atoms with van der Waals surface area (Å²) in [6.07, 6.45) is 2.95. The highest BCUT2D eigenvalue weighted by Crippen LogP contribution is 2.34. The van der Waals surface area contributed by atoms with E-state index < -0.39 is 0 Å². The maximum absolute atomic E-state index is 12.4. The lowest BCUT2D eigenvalue weighted by atomic mass is 9.78. The molecule has 1 aliphatic rings. The average Bonchev–Trinajstić information content (AvgIpc) is 2.41. The molecule has 0 spiro atoms. The van der Waals surface area contributed by atoms with Crippen LogP contribution in [-0.2, 0) is 0 Å². The average molecular weight is 284 g/mol. The van der Waals surface area contributed by atoms with Crippen LogP contribution >= 0.6 is 11.6 Å². The van der Waals surface area contributed by atoms with Gasteiger partial charge in [0.25, 0.3) is 5.91 Å². The molecule has 1 aliphatic carbocycles. The van der Waals surface area contributed by atoms with Crippen LogP contribution in [0.4, 0.5) is 0 Å². The summed E-state index contributed by atoms with van der Waals surface area (Å²) >= 11 is 5.95. The number of rotatable bonds is 5. The summed E-state index contributed by atoms with van der Waals surface area (Å²) in [5.74, 6) is 1.42. The Hall–Kier alpha value is -1.42. The summed E-state index contributed by atoms with van der Waals surface area (Å²) in [6.45, 7) is 0. The standard InChI is InChI=1S/C14H18ClNO3/c1-18-10-4-5-12(19-2)11(8-10)13(17)16-14(9-15)6-3-7-14/h4-5,8H,3,6-7,9H2,1-2H3,(H,16,17). The molecule has 4 nitrogen and oxygen atoms in total. The normalized spacial score (nSPS) is 16.4. The highest BCUT2D eigenvalue weighted by Gasteiger charge is 2.38. The van der Waals surface area contributed by atoms with E-state index in [0.29, 0.717) is 22.9 Å². The zero-order valence-corrected chi connectivity index (χ0v) is 11.9. The Balaban J connectivity index is 2.22. The molecule has 0 saturated heterocycles. The number of ether oxygens (including phenoxy) is 2. The highest BCUT2D eigenvalue weighted by molar-refractivity contribution is 6.19. The van der Waals surface area contributed by atoms with Crippen molar-refractivity contribution in [2.45, 2.75) is 24.8 Å². The van der Waals surface area contributed by atoms with Crippen LogP contribution in [-0.4, -0.2) is 31.5 Å². The number of methoxy groups -OCH3 is 2. The van der Waals surface area contributed by atoms with E-state index in [1.807, 2.05) is 0 Å². The largest absolute Gasteiger partial charge is 0.497 e. The first kappa shape index (κ1) is 14.0. The lowest BCUT2D eigenvalue weighted by Gasteiger charge is -2.41. The zero-order chi connectivity index (χ0) is 13.9. The number of nitrogens with one attached hydrogen (secondary N) is 1. The van der Waals surface area contributed by atoms with E-state index in [2.05, 4.69) is 5.32 Å². The van der Waals surface area contributed by atoms with Crippen LogP contribution in [0, 0.1) is 0 Å². The fraction of sp³-hybridized carbons (Fsp3) is 0.500. The Bertz CT molecular complexity index is 466. The van der Waals surface area contributed by atoms with Gasteiger partial charge in [-0.1, -0.05) is 0 Å². The van der Waals surface area contributed by atoms with Crippen molar-refractivity contribution >= 4 is 17.5 Å². The van der Waals surface area contributed by atoms with Crippen molar-refractivity contribution in [2.24, 2.45) is 0 Å². The molecule has 1 aromatic rings. The fourth-order valence-corrected chi connectivity index (χ4v) is 2.53. The maximum atomic E-state index is 12.4. The third-order valence-corrected chi connectivity index (χ3v) is 4.11. The molecule has 0 heterocycles. The van der Waals surface area contributed by atoms with E-state index in [1.165, 1.54) is 0 Å². The van der Waals surface area contributed by atoms with Gasteiger partial charge in [-0.25, -0.2) is 0 Å². The number of alkyl halides is 1.